The standard InChI is InChI=1S/C9H12N2O3/c1-6(10)5-14-8-4-2-3-7(11-8)9(12)13/h2-4,6H,5,10H2,1H3,(H,12,13)/t6-/m1/s1. The van der Waals surface area contributed by atoms with E-state index in [1.807, 2.05) is 0 Å². The number of rotatable bonds is 4. The van der Waals surface area contributed by atoms with Gasteiger partial charge in [0.15, 0.2) is 5.69 Å². The minimum Gasteiger partial charge on any atom is -0.477 e. The Labute approximate surface area is 81.5 Å². The van der Waals surface area contributed by atoms with Crippen LogP contribution in [-0.4, -0.2) is 28.7 Å². The molecule has 1 atom stereocenters. The fourth-order valence-electron chi connectivity index (χ4n) is 0.831. The second kappa shape index (κ2) is 4.57. The van der Waals surface area contributed by atoms with Crippen molar-refractivity contribution in [1.29, 1.82) is 0 Å². The number of carboxylic acid groups (broad SMARTS) is 1. The predicted octanol–water partition coefficient (Wildman–Crippen LogP) is 0.506. The maximum absolute atomic E-state index is 10.5. The average Bonchev–Trinajstić information content (AvgIpc) is 2.15. The van der Waals surface area contributed by atoms with Gasteiger partial charge in [0.1, 0.15) is 6.61 Å². The molecule has 5 nitrogen and oxygen atoms in total. The first-order valence-electron chi connectivity index (χ1n) is 4.18. The van der Waals surface area contributed by atoms with Gasteiger partial charge in [0, 0.05) is 12.1 Å². The van der Waals surface area contributed by atoms with E-state index >= 15 is 0 Å². The summed E-state index contributed by atoms with van der Waals surface area (Å²) in [4.78, 5) is 14.3. The number of nitrogens with two attached hydrogens (primary N) is 1. The van der Waals surface area contributed by atoms with E-state index in [9.17, 15) is 4.79 Å². The summed E-state index contributed by atoms with van der Waals surface area (Å²) in [6.45, 7) is 2.11. The van der Waals surface area contributed by atoms with E-state index in [1.165, 1.54) is 6.07 Å². The van der Waals surface area contributed by atoms with Gasteiger partial charge in [-0.25, -0.2) is 9.78 Å². The van der Waals surface area contributed by atoms with E-state index in [2.05, 4.69) is 4.98 Å². The third-order valence-corrected chi connectivity index (χ3v) is 1.44. The van der Waals surface area contributed by atoms with Crippen LogP contribution in [0.15, 0.2) is 18.2 Å². The summed E-state index contributed by atoms with van der Waals surface area (Å²) >= 11 is 0. The van der Waals surface area contributed by atoms with Crippen LogP contribution in [-0.2, 0) is 0 Å². The summed E-state index contributed by atoms with van der Waals surface area (Å²) < 4.78 is 5.16. The van der Waals surface area contributed by atoms with Crippen molar-refractivity contribution in [1.82, 2.24) is 4.98 Å². The van der Waals surface area contributed by atoms with Gasteiger partial charge >= 0.3 is 5.97 Å². The van der Waals surface area contributed by atoms with Gasteiger partial charge in [-0.3, -0.25) is 0 Å². The number of hydrogen-bond donors (Lipinski definition) is 2. The van der Waals surface area contributed by atoms with Gasteiger partial charge in [-0.15, -0.1) is 0 Å². The number of carbonyl (C=O) groups is 1. The smallest absolute Gasteiger partial charge is 0.354 e. The van der Waals surface area contributed by atoms with Gasteiger partial charge in [0.2, 0.25) is 5.88 Å². The molecule has 0 saturated heterocycles. The van der Waals surface area contributed by atoms with Crippen molar-refractivity contribution in [2.45, 2.75) is 13.0 Å². The summed E-state index contributed by atoms with van der Waals surface area (Å²) in [6.07, 6.45) is 0. The van der Waals surface area contributed by atoms with Crippen LogP contribution >= 0.6 is 0 Å². The number of pyridine rings is 1. The highest BCUT2D eigenvalue weighted by molar-refractivity contribution is 5.85. The highest BCUT2D eigenvalue weighted by Crippen LogP contribution is 2.07. The van der Waals surface area contributed by atoms with Crippen LogP contribution in [0.3, 0.4) is 0 Å². The zero-order valence-electron chi connectivity index (χ0n) is 7.80. The number of aromatic nitrogens is 1. The van der Waals surface area contributed by atoms with E-state index in [4.69, 9.17) is 15.6 Å². The van der Waals surface area contributed by atoms with Gasteiger partial charge in [-0.2, -0.15) is 0 Å². The van der Waals surface area contributed by atoms with Crippen molar-refractivity contribution in [3.8, 4) is 5.88 Å². The molecule has 0 saturated carbocycles. The van der Waals surface area contributed by atoms with Gasteiger partial charge in [0.25, 0.3) is 0 Å². The molecule has 0 spiro atoms. The van der Waals surface area contributed by atoms with E-state index in [0.29, 0.717) is 6.61 Å². The van der Waals surface area contributed by atoms with Gasteiger partial charge in [-0.05, 0) is 13.0 Å². The molecular formula is C9H12N2O3. The Balaban J connectivity index is 2.69. The Morgan fingerprint density at radius 1 is 1.71 bits per heavy atom. The lowest BCUT2D eigenvalue weighted by atomic mass is 10.3. The van der Waals surface area contributed by atoms with Crippen LogP contribution in [0, 0.1) is 0 Å². The largest absolute Gasteiger partial charge is 0.477 e. The molecule has 0 aliphatic carbocycles. The summed E-state index contributed by atoms with van der Waals surface area (Å²) in [7, 11) is 0. The highest BCUT2D eigenvalue weighted by Gasteiger charge is 2.05. The number of nitrogens with zero attached hydrogens (tertiary/aromatic N) is 1. The van der Waals surface area contributed by atoms with Crippen molar-refractivity contribution in [3.63, 3.8) is 0 Å². The maximum Gasteiger partial charge on any atom is 0.354 e. The Morgan fingerprint density at radius 3 is 3.00 bits per heavy atom. The molecule has 1 rings (SSSR count). The Kier molecular flexibility index (Phi) is 3.41. The first kappa shape index (κ1) is 10.5. The van der Waals surface area contributed by atoms with E-state index in [0.717, 1.165) is 0 Å². The molecule has 0 aliphatic heterocycles. The van der Waals surface area contributed by atoms with Crippen molar-refractivity contribution in [3.05, 3.63) is 23.9 Å². The maximum atomic E-state index is 10.5. The van der Waals surface area contributed by atoms with Crippen molar-refractivity contribution < 1.29 is 14.6 Å². The molecule has 1 heterocycles. The van der Waals surface area contributed by atoms with Crippen LogP contribution in [0.5, 0.6) is 5.88 Å². The van der Waals surface area contributed by atoms with Crippen molar-refractivity contribution >= 4 is 5.97 Å². The predicted molar refractivity (Wildman–Crippen MR) is 50.3 cm³/mol. The lowest BCUT2D eigenvalue weighted by Crippen LogP contribution is -2.24. The minimum absolute atomic E-state index is 0.0350. The SMILES string of the molecule is C[C@@H](N)COc1cccc(C(=O)O)n1. The molecule has 1 aromatic heterocycles. The van der Waals surface area contributed by atoms with Crippen LogP contribution in [0.4, 0.5) is 0 Å². The molecule has 76 valence electrons. The first-order valence-corrected chi connectivity index (χ1v) is 4.18. The zero-order chi connectivity index (χ0) is 10.6. The van der Waals surface area contributed by atoms with Crippen molar-refractivity contribution in [2.75, 3.05) is 6.61 Å². The monoisotopic (exact) mass is 196 g/mol. The summed E-state index contributed by atoms with van der Waals surface area (Å²) in [5.41, 5.74) is 5.43. The van der Waals surface area contributed by atoms with Crippen LogP contribution in [0.2, 0.25) is 0 Å². The molecule has 5 heteroatoms. The van der Waals surface area contributed by atoms with Crippen molar-refractivity contribution in [2.24, 2.45) is 5.73 Å². The quantitative estimate of drug-likeness (QED) is 0.732. The van der Waals surface area contributed by atoms with Crippen LogP contribution < -0.4 is 10.5 Å². The number of carboxylic acids is 1. The van der Waals surface area contributed by atoms with Crippen LogP contribution in [0.1, 0.15) is 17.4 Å². The Morgan fingerprint density at radius 2 is 2.43 bits per heavy atom. The summed E-state index contributed by atoms with van der Waals surface area (Å²) in [5, 5.41) is 8.64. The zero-order valence-corrected chi connectivity index (χ0v) is 7.80. The summed E-state index contributed by atoms with van der Waals surface area (Å²) in [6, 6.07) is 4.47. The molecule has 0 radical (unpaired) electrons. The molecule has 0 aliphatic rings. The Hall–Kier alpha value is -1.62. The minimum atomic E-state index is -1.07. The van der Waals surface area contributed by atoms with Gasteiger partial charge in [0.05, 0.1) is 0 Å². The molecule has 0 fully saturated rings. The average molecular weight is 196 g/mol. The van der Waals surface area contributed by atoms with E-state index in [1.54, 1.807) is 19.1 Å². The molecule has 1 aromatic rings. The second-order valence-electron chi connectivity index (χ2n) is 2.95. The summed E-state index contributed by atoms with van der Waals surface area (Å²) in [5.74, 6) is -0.793. The molecule has 14 heavy (non-hydrogen) atoms. The first-order chi connectivity index (χ1) is 6.59. The van der Waals surface area contributed by atoms with Gasteiger partial charge < -0.3 is 15.6 Å². The van der Waals surface area contributed by atoms with Gasteiger partial charge in [-0.1, -0.05) is 6.07 Å². The molecular weight excluding hydrogens is 184 g/mol. The third kappa shape index (κ3) is 3.02. The molecule has 0 unspecified atom stereocenters. The van der Waals surface area contributed by atoms with Crippen LogP contribution in [0.25, 0.3) is 0 Å². The fraction of sp³-hybridized carbons (Fsp3) is 0.333. The number of hydrogen-bond acceptors (Lipinski definition) is 4. The van der Waals surface area contributed by atoms with E-state index in [-0.39, 0.29) is 17.6 Å². The molecule has 0 amide bonds. The van der Waals surface area contributed by atoms with E-state index < -0.39 is 5.97 Å². The lowest BCUT2D eigenvalue weighted by molar-refractivity contribution is 0.0689. The molecule has 0 aromatic carbocycles. The molecule has 3 N–H and O–H groups in total. The number of ether oxygens (including phenoxy) is 1. The second-order valence-corrected chi connectivity index (χ2v) is 2.95. The highest BCUT2D eigenvalue weighted by atomic mass is 16.5. The number of aromatic carboxylic acids is 1. The topological polar surface area (TPSA) is 85.4 Å². The molecule has 0 bridgehead atoms. The lowest BCUT2D eigenvalue weighted by Gasteiger charge is -2.07. The third-order valence-electron chi connectivity index (χ3n) is 1.44. The Bertz CT molecular complexity index is 326. The normalized spacial score (nSPS) is 12.1. The fourth-order valence-corrected chi connectivity index (χ4v) is 0.831.